The number of hydrogen-bond donors (Lipinski definition) is 1. The molecule has 3 aromatic rings. The van der Waals surface area contributed by atoms with Crippen LogP contribution < -0.4 is 10.2 Å². The minimum absolute atomic E-state index is 0.199. The molecule has 1 fully saturated rings. The van der Waals surface area contributed by atoms with Crippen molar-refractivity contribution in [2.45, 2.75) is 13.0 Å². The lowest BCUT2D eigenvalue weighted by Crippen LogP contribution is -2.33. The van der Waals surface area contributed by atoms with Crippen LogP contribution in [0.5, 0.6) is 0 Å². The SMILES string of the molecule is CC(=O)NCC1CN(c2ccc(-c3ccc4ncccc4c3)c(F)c2)C(=O)O1. The Morgan fingerprint density at radius 2 is 2.14 bits per heavy atom. The Labute approximate surface area is 160 Å². The lowest BCUT2D eigenvalue weighted by molar-refractivity contribution is -0.119. The van der Waals surface area contributed by atoms with E-state index in [0.29, 0.717) is 11.3 Å². The lowest BCUT2D eigenvalue weighted by atomic mass is 10.0. The number of ether oxygens (including phenoxy) is 1. The first-order valence-corrected chi connectivity index (χ1v) is 8.88. The van der Waals surface area contributed by atoms with E-state index in [4.69, 9.17) is 4.74 Å². The van der Waals surface area contributed by atoms with Crippen LogP contribution in [0.2, 0.25) is 0 Å². The molecule has 1 aliphatic rings. The topological polar surface area (TPSA) is 71.5 Å². The van der Waals surface area contributed by atoms with E-state index < -0.39 is 18.0 Å². The standard InChI is InChI=1S/C21H18FN3O3/c1-13(26)24-11-17-12-25(21(27)28-17)16-5-6-18(19(22)10-16)14-4-7-20-15(9-14)3-2-8-23-20/h2-10,17H,11-12H2,1H3,(H,24,26). The molecular formula is C21H18FN3O3. The molecule has 0 spiro atoms. The summed E-state index contributed by atoms with van der Waals surface area (Å²) < 4.78 is 20.0. The Bertz CT molecular complexity index is 1070. The first-order chi connectivity index (χ1) is 13.5. The van der Waals surface area contributed by atoms with Crippen LogP contribution in [0.15, 0.2) is 54.7 Å². The number of amides is 2. The summed E-state index contributed by atoms with van der Waals surface area (Å²) in [4.78, 5) is 28.8. The van der Waals surface area contributed by atoms with Gasteiger partial charge in [0, 0.05) is 24.1 Å². The highest BCUT2D eigenvalue weighted by molar-refractivity contribution is 5.91. The van der Waals surface area contributed by atoms with Crippen molar-refractivity contribution < 1.29 is 18.7 Å². The van der Waals surface area contributed by atoms with Gasteiger partial charge in [0.1, 0.15) is 11.9 Å². The molecular weight excluding hydrogens is 361 g/mol. The first kappa shape index (κ1) is 17.9. The summed E-state index contributed by atoms with van der Waals surface area (Å²) >= 11 is 0. The average Bonchev–Trinajstić information content (AvgIpc) is 3.06. The molecule has 28 heavy (non-hydrogen) atoms. The quantitative estimate of drug-likeness (QED) is 0.753. The molecule has 1 atom stereocenters. The number of carbonyl (C=O) groups excluding carboxylic acids is 2. The molecule has 1 saturated heterocycles. The van der Waals surface area contributed by atoms with Gasteiger partial charge in [-0.1, -0.05) is 12.1 Å². The fourth-order valence-electron chi connectivity index (χ4n) is 3.25. The van der Waals surface area contributed by atoms with E-state index in [9.17, 15) is 14.0 Å². The van der Waals surface area contributed by atoms with E-state index in [0.717, 1.165) is 16.5 Å². The van der Waals surface area contributed by atoms with E-state index in [1.165, 1.54) is 17.9 Å². The zero-order valence-electron chi connectivity index (χ0n) is 15.2. The summed E-state index contributed by atoms with van der Waals surface area (Å²) in [5.74, 6) is -0.630. The summed E-state index contributed by atoms with van der Waals surface area (Å²) in [6.45, 7) is 1.87. The molecule has 2 aromatic carbocycles. The molecule has 0 radical (unpaired) electrons. The Kier molecular flexibility index (Phi) is 4.65. The van der Waals surface area contributed by atoms with E-state index in [1.807, 2.05) is 30.3 Å². The van der Waals surface area contributed by atoms with E-state index in [-0.39, 0.29) is 19.0 Å². The van der Waals surface area contributed by atoms with Gasteiger partial charge >= 0.3 is 6.09 Å². The number of carbonyl (C=O) groups is 2. The number of benzene rings is 2. The lowest BCUT2D eigenvalue weighted by Gasteiger charge is -2.14. The van der Waals surface area contributed by atoms with Gasteiger partial charge in [-0.15, -0.1) is 0 Å². The van der Waals surface area contributed by atoms with Crippen molar-refractivity contribution in [2.75, 3.05) is 18.0 Å². The second-order valence-electron chi connectivity index (χ2n) is 6.63. The average molecular weight is 379 g/mol. The predicted octanol–water partition coefficient (Wildman–Crippen LogP) is 3.50. The van der Waals surface area contributed by atoms with E-state index in [2.05, 4.69) is 10.3 Å². The molecule has 1 unspecified atom stereocenters. The van der Waals surface area contributed by atoms with Gasteiger partial charge in [0.25, 0.3) is 0 Å². The molecule has 2 heterocycles. The molecule has 0 saturated carbocycles. The molecule has 0 bridgehead atoms. The summed E-state index contributed by atoms with van der Waals surface area (Å²) in [5.41, 5.74) is 2.43. The van der Waals surface area contributed by atoms with Crippen molar-refractivity contribution in [1.82, 2.24) is 10.3 Å². The second kappa shape index (κ2) is 7.26. The molecule has 2 amide bonds. The van der Waals surface area contributed by atoms with Crippen molar-refractivity contribution in [3.63, 3.8) is 0 Å². The van der Waals surface area contributed by atoms with Gasteiger partial charge in [-0.25, -0.2) is 9.18 Å². The van der Waals surface area contributed by atoms with Crippen LogP contribution in [0.3, 0.4) is 0 Å². The number of nitrogens with one attached hydrogen (secondary N) is 1. The summed E-state index contributed by atoms with van der Waals surface area (Å²) in [6, 6.07) is 14.0. The maximum Gasteiger partial charge on any atom is 0.414 e. The van der Waals surface area contributed by atoms with Crippen molar-refractivity contribution >= 4 is 28.6 Å². The maximum absolute atomic E-state index is 14.8. The Morgan fingerprint density at radius 1 is 1.29 bits per heavy atom. The number of pyridine rings is 1. The number of aromatic nitrogens is 1. The number of rotatable bonds is 4. The monoisotopic (exact) mass is 379 g/mol. The first-order valence-electron chi connectivity index (χ1n) is 8.88. The van der Waals surface area contributed by atoms with Crippen LogP contribution in [0.4, 0.5) is 14.9 Å². The molecule has 1 aromatic heterocycles. The minimum atomic E-state index is -0.556. The summed E-state index contributed by atoms with van der Waals surface area (Å²) in [6.07, 6.45) is 0.692. The van der Waals surface area contributed by atoms with Gasteiger partial charge in [0.15, 0.2) is 0 Å². The minimum Gasteiger partial charge on any atom is -0.442 e. The van der Waals surface area contributed by atoms with Gasteiger partial charge in [0.05, 0.1) is 24.3 Å². The molecule has 1 N–H and O–H groups in total. The number of anilines is 1. The van der Waals surface area contributed by atoms with Gasteiger partial charge in [0.2, 0.25) is 5.91 Å². The van der Waals surface area contributed by atoms with Crippen LogP contribution in [-0.2, 0) is 9.53 Å². The van der Waals surface area contributed by atoms with Crippen molar-refractivity contribution in [3.05, 3.63) is 60.5 Å². The maximum atomic E-state index is 14.8. The number of cyclic esters (lactones) is 1. The van der Waals surface area contributed by atoms with Crippen molar-refractivity contribution in [1.29, 1.82) is 0 Å². The molecule has 142 valence electrons. The molecule has 4 rings (SSSR count). The van der Waals surface area contributed by atoms with E-state index >= 15 is 0 Å². The van der Waals surface area contributed by atoms with Gasteiger partial charge in [-0.05, 0) is 42.0 Å². The van der Waals surface area contributed by atoms with Gasteiger partial charge in [-0.3, -0.25) is 14.7 Å². The van der Waals surface area contributed by atoms with Crippen LogP contribution in [0, 0.1) is 5.82 Å². The van der Waals surface area contributed by atoms with Gasteiger partial charge < -0.3 is 10.1 Å². The van der Waals surface area contributed by atoms with Crippen LogP contribution in [0.25, 0.3) is 22.0 Å². The smallest absolute Gasteiger partial charge is 0.414 e. The van der Waals surface area contributed by atoms with Crippen LogP contribution in [0.1, 0.15) is 6.92 Å². The van der Waals surface area contributed by atoms with Crippen LogP contribution in [-0.4, -0.2) is 36.2 Å². The number of halogens is 1. The normalized spacial score (nSPS) is 16.3. The molecule has 0 aliphatic carbocycles. The fraction of sp³-hybridized carbons (Fsp3) is 0.190. The third-order valence-electron chi connectivity index (χ3n) is 4.63. The number of nitrogens with zero attached hydrogens (tertiary/aromatic N) is 2. The predicted molar refractivity (Wildman–Crippen MR) is 103 cm³/mol. The Morgan fingerprint density at radius 3 is 2.93 bits per heavy atom. The van der Waals surface area contributed by atoms with E-state index in [1.54, 1.807) is 18.3 Å². The highest BCUT2D eigenvalue weighted by Crippen LogP contribution is 2.30. The zero-order valence-corrected chi connectivity index (χ0v) is 15.2. The van der Waals surface area contributed by atoms with Crippen molar-refractivity contribution in [2.24, 2.45) is 0 Å². The highest BCUT2D eigenvalue weighted by atomic mass is 19.1. The fourth-order valence-corrected chi connectivity index (χ4v) is 3.25. The second-order valence-corrected chi connectivity index (χ2v) is 6.63. The Hall–Kier alpha value is -3.48. The van der Waals surface area contributed by atoms with Crippen LogP contribution >= 0.6 is 0 Å². The summed E-state index contributed by atoms with van der Waals surface area (Å²) in [7, 11) is 0. The van der Waals surface area contributed by atoms with Gasteiger partial charge in [-0.2, -0.15) is 0 Å². The molecule has 7 heteroatoms. The molecule has 6 nitrogen and oxygen atoms in total. The molecule has 1 aliphatic heterocycles. The summed E-state index contributed by atoms with van der Waals surface area (Å²) in [5, 5.41) is 3.54. The zero-order chi connectivity index (χ0) is 19.7. The number of fused-ring (bicyclic) bond motifs is 1. The Balaban J connectivity index is 1.57. The highest BCUT2D eigenvalue weighted by Gasteiger charge is 2.32. The third kappa shape index (κ3) is 3.51. The van der Waals surface area contributed by atoms with Crippen molar-refractivity contribution in [3.8, 4) is 11.1 Å². The largest absolute Gasteiger partial charge is 0.442 e. The third-order valence-corrected chi connectivity index (χ3v) is 4.63. The number of hydrogen-bond acceptors (Lipinski definition) is 4.